The van der Waals surface area contributed by atoms with Gasteiger partial charge in [-0.2, -0.15) is 0 Å². The van der Waals surface area contributed by atoms with E-state index in [9.17, 15) is 4.79 Å². The van der Waals surface area contributed by atoms with Gasteiger partial charge in [-0.15, -0.1) is 0 Å². The monoisotopic (exact) mass is 292 g/mol. The molecule has 0 N–H and O–H groups in total. The van der Waals surface area contributed by atoms with Gasteiger partial charge in [-0.05, 0) is 52.5 Å². The highest BCUT2D eigenvalue weighted by Gasteiger charge is 2.14. The molecule has 0 amide bonds. The zero-order valence-corrected chi connectivity index (χ0v) is 11.4. The van der Waals surface area contributed by atoms with Crippen LogP contribution in [0.15, 0.2) is 39.4 Å². The van der Waals surface area contributed by atoms with Crippen molar-refractivity contribution in [3.05, 3.63) is 57.5 Å². The number of hydrogen-bond acceptors (Lipinski definition) is 2. The van der Waals surface area contributed by atoms with E-state index in [1.54, 1.807) is 6.07 Å². The van der Waals surface area contributed by atoms with E-state index in [1.807, 2.05) is 25.1 Å². The smallest absolute Gasteiger partial charge is 0.203 e. The quantitative estimate of drug-likeness (QED) is 0.798. The number of carbonyl (C=O) groups is 1. The summed E-state index contributed by atoms with van der Waals surface area (Å²) in [6.07, 6.45) is 1.88. The third kappa shape index (κ3) is 2.67. The van der Waals surface area contributed by atoms with Gasteiger partial charge in [-0.1, -0.05) is 18.2 Å². The number of ketones is 1. The summed E-state index contributed by atoms with van der Waals surface area (Å²) in [7, 11) is 0. The number of halogens is 1. The molecule has 0 radical (unpaired) electrons. The van der Waals surface area contributed by atoms with Crippen LogP contribution < -0.4 is 0 Å². The summed E-state index contributed by atoms with van der Waals surface area (Å²) in [4.78, 5) is 12.0. The third-order valence-electron chi connectivity index (χ3n) is 2.81. The number of aryl methyl sites for hydroxylation is 2. The van der Waals surface area contributed by atoms with Gasteiger partial charge < -0.3 is 4.42 Å². The molecular formula is C14H13BrO2. The SMILES string of the molecule is Cc1ccc(CC(=O)c2occc2Br)cc1C. The van der Waals surface area contributed by atoms with E-state index in [4.69, 9.17) is 4.42 Å². The van der Waals surface area contributed by atoms with Crippen molar-refractivity contribution >= 4 is 21.7 Å². The van der Waals surface area contributed by atoms with Gasteiger partial charge in [0.15, 0.2) is 5.76 Å². The number of furan rings is 1. The summed E-state index contributed by atoms with van der Waals surface area (Å²) in [6.45, 7) is 4.11. The Morgan fingerprint density at radius 2 is 2.00 bits per heavy atom. The number of Topliss-reactive ketones (excluding diaryl/α,β-unsaturated/α-hetero) is 1. The zero-order valence-electron chi connectivity index (χ0n) is 9.79. The van der Waals surface area contributed by atoms with Crippen molar-refractivity contribution in [1.29, 1.82) is 0 Å². The van der Waals surface area contributed by atoms with Gasteiger partial charge in [0.1, 0.15) is 0 Å². The van der Waals surface area contributed by atoms with Gasteiger partial charge >= 0.3 is 0 Å². The first-order valence-electron chi connectivity index (χ1n) is 5.40. The normalized spacial score (nSPS) is 10.5. The first-order chi connectivity index (χ1) is 8.08. The summed E-state index contributed by atoms with van der Waals surface area (Å²) < 4.78 is 5.87. The summed E-state index contributed by atoms with van der Waals surface area (Å²) >= 11 is 3.29. The standard InChI is InChI=1S/C14H13BrO2/c1-9-3-4-11(7-10(9)2)8-13(16)14-12(15)5-6-17-14/h3-7H,8H2,1-2H3. The van der Waals surface area contributed by atoms with Crippen molar-refractivity contribution < 1.29 is 9.21 Å². The molecule has 1 aromatic heterocycles. The Labute approximate surface area is 109 Å². The van der Waals surface area contributed by atoms with Gasteiger partial charge in [0.05, 0.1) is 10.7 Å². The molecule has 2 rings (SSSR count). The van der Waals surface area contributed by atoms with Crippen LogP contribution in [0.25, 0.3) is 0 Å². The predicted octanol–water partition coefficient (Wildman–Crippen LogP) is 4.08. The van der Waals surface area contributed by atoms with E-state index in [0.29, 0.717) is 16.7 Å². The molecule has 2 nitrogen and oxygen atoms in total. The molecule has 17 heavy (non-hydrogen) atoms. The fourth-order valence-corrected chi connectivity index (χ4v) is 2.09. The Morgan fingerprint density at radius 1 is 1.24 bits per heavy atom. The Kier molecular flexibility index (Phi) is 3.48. The van der Waals surface area contributed by atoms with Gasteiger partial charge in [0.2, 0.25) is 5.78 Å². The fourth-order valence-electron chi connectivity index (χ4n) is 1.67. The minimum atomic E-state index is -0.00914. The predicted molar refractivity (Wildman–Crippen MR) is 70.4 cm³/mol. The maximum Gasteiger partial charge on any atom is 0.203 e. The van der Waals surface area contributed by atoms with Crippen LogP contribution in [0, 0.1) is 13.8 Å². The molecule has 0 spiro atoms. The molecule has 0 aliphatic carbocycles. The molecule has 1 heterocycles. The first kappa shape index (κ1) is 12.1. The Balaban J connectivity index is 2.19. The average Bonchev–Trinajstić information content (AvgIpc) is 2.70. The van der Waals surface area contributed by atoms with Crippen molar-refractivity contribution in [3.63, 3.8) is 0 Å². The van der Waals surface area contributed by atoms with Crippen LogP contribution in [0.4, 0.5) is 0 Å². The van der Waals surface area contributed by atoms with Crippen LogP contribution in [0.5, 0.6) is 0 Å². The second kappa shape index (κ2) is 4.88. The van der Waals surface area contributed by atoms with Crippen molar-refractivity contribution in [2.75, 3.05) is 0 Å². The lowest BCUT2D eigenvalue weighted by Gasteiger charge is -2.04. The maximum atomic E-state index is 12.0. The van der Waals surface area contributed by atoms with Gasteiger partial charge in [-0.3, -0.25) is 4.79 Å². The van der Waals surface area contributed by atoms with E-state index < -0.39 is 0 Å². The Bertz CT molecular complexity index is 555. The number of carbonyl (C=O) groups excluding carboxylic acids is 1. The van der Waals surface area contributed by atoms with E-state index >= 15 is 0 Å². The minimum absolute atomic E-state index is 0.00914. The number of rotatable bonds is 3. The molecule has 0 unspecified atom stereocenters. The van der Waals surface area contributed by atoms with Crippen molar-refractivity contribution in [3.8, 4) is 0 Å². The lowest BCUT2D eigenvalue weighted by Crippen LogP contribution is -2.03. The van der Waals surface area contributed by atoms with Crippen LogP contribution in [0.1, 0.15) is 27.2 Å². The van der Waals surface area contributed by atoms with Gasteiger partial charge in [-0.25, -0.2) is 0 Å². The van der Waals surface area contributed by atoms with Gasteiger partial charge in [0, 0.05) is 6.42 Å². The fraction of sp³-hybridized carbons (Fsp3) is 0.214. The van der Waals surface area contributed by atoms with Crippen molar-refractivity contribution in [2.24, 2.45) is 0 Å². The molecule has 0 aliphatic heterocycles. The van der Waals surface area contributed by atoms with E-state index in [-0.39, 0.29) is 5.78 Å². The van der Waals surface area contributed by atoms with E-state index in [0.717, 1.165) is 5.56 Å². The topological polar surface area (TPSA) is 30.2 Å². The van der Waals surface area contributed by atoms with Crippen LogP contribution in [0.3, 0.4) is 0 Å². The van der Waals surface area contributed by atoms with Gasteiger partial charge in [0.25, 0.3) is 0 Å². The number of benzene rings is 1. The molecule has 0 aliphatic rings. The second-order valence-corrected chi connectivity index (χ2v) is 4.97. The van der Waals surface area contributed by atoms with Crippen LogP contribution in [-0.2, 0) is 6.42 Å². The highest BCUT2D eigenvalue weighted by atomic mass is 79.9. The van der Waals surface area contributed by atoms with Crippen LogP contribution in [0.2, 0.25) is 0 Å². The van der Waals surface area contributed by atoms with Crippen LogP contribution >= 0.6 is 15.9 Å². The molecule has 0 fully saturated rings. The summed E-state index contributed by atoms with van der Waals surface area (Å²) in [5.41, 5.74) is 3.45. The largest absolute Gasteiger partial charge is 0.460 e. The lowest BCUT2D eigenvalue weighted by atomic mass is 10.0. The summed E-state index contributed by atoms with van der Waals surface area (Å²) in [6, 6.07) is 7.80. The highest BCUT2D eigenvalue weighted by Crippen LogP contribution is 2.20. The Hall–Kier alpha value is -1.35. The molecule has 1 aromatic carbocycles. The van der Waals surface area contributed by atoms with Crippen molar-refractivity contribution in [1.82, 2.24) is 0 Å². The van der Waals surface area contributed by atoms with E-state index in [2.05, 4.69) is 22.9 Å². The first-order valence-corrected chi connectivity index (χ1v) is 6.19. The summed E-state index contributed by atoms with van der Waals surface area (Å²) in [5.74, 6) is 0.383. The van der Waals surface area contributed by atoms with Crippen molar-refractivity contribution in [2.45, 2.75) is 20.3 Å². The molecule has 2 aromatic rings. The minimum Gasteiger partial charge on any atom is -0.460 e. The molecule has 0 bridgehead atoms. The highest BCUT2D eigenvalue weighted by molar-refractivity contribution is 9.10. The third-order valence-corrected chi connectivity index (χ3v) is 3.43. The lowest BCUT2D eigenvalue weighted by molar-refractivity contribution is 0.0965. The summed E-state index contributed by atoms with van der Waals surface area (Å²) in [5, 5.41) is 0. The second-order valence-electron chi connectivity index (χ2n) is 4.12. The Morgan fingerprint density at radius 3 is 2.59 bits per heavy atom. The molecular weight excluding hydrogens is 280 g/mol. The van der Waals surface area contributed by atoms with Crippen LogP contribution in [-0.4, -0.2) is 5.78 Å². The van der Waals surface area contributed by atoms with E-state index in [1.165, 1.54) is 17.4 Å². The molecule has 3 heteroatoms. The number of hydrogen-bond donors (Lipinski definition) is 0. The average molecular weight is 293 g/mol. The molecule has 0 saturated heterocycles. The zero-order chi connectivity index (χ0) is 12.4. The maximum absolute atomic E-state index is 12.0. The molecule has 0 saturated carbocycles. The molecule has 88 valence electrons. The molecule has 0 atom stereocenters.